The minimum Gasteiger partial charge on any atom is -0.481 e. The van der Waals surface area contributed by atoms with Crippen LogP contribution in [0.1, 0.15) is 51.9 Å². The molecule has 26 heavy (non-hydrogen) atoms. The molecule has 0 aromatic heterocycles. The van der Waals surface area contributed by atoms with E-state index in [-0.39, 0.29) is 24.2 Å². The number of aliphatic carboxylic acids is 1. The number of hydrogen-bond acceptors (Lipinski definition) is 3. The summed E-state index contributed by atoms with van der Waals surface area (Å²) in [6.45, 7) is 1.18. The largest absolute Gasteiger partial charge is 0.481 e. The van der Waals surface area contributed by atoms with E-state index in [1.807, 2.05) is 0 Å². The number of anilines is 2. The maximum Gasteiger partial charge on any atom is 0.303 e. The van der Waals surface area contributed by atoms with E-state index in [1.54, 1.807) is 0 Å². The Bertz CT molecular complexity index is 715. The van der Waals surface area contributed by atoms with Gasteiger partial charge in [0.15, 0.2) is 0 Å². The third-order valence-electron chi connectivity index (χ3n) is 4.62. The van der Waals surface area contributed by atoms with E-state index in [2.05, 4.69) is 10.6 Å². The van der Waals surface area contributed by atoms with Crippen LogP contribution in [0.2, 0.25) is 0 Å². The predicted molar refractivity (Wildman–Crippen MR) is 91.7 cm³/mol. The summed E-state index contributed by atoms with van der Waals surface area (Å²) >= 11 is 0. The van der Waals surface area contributed by atoms with Gasteiger partial charge in [0.25, 0.3) is 0 Å². The Morgan fingerprint density at radius 1 is 1.00 bits per heavy atom. The van der Waals surface area contributed by atoms with Gasteiger partial charge in [0.2, 0.25) is 11.8 Å². The van der Waals surface area contributed by atoms with E-state index in [0.29, 0.717) is 18.9 Å². The second-order valence-corrected chi connectivity index (χ2v) is 6.85. The average molecular weight is 368 g/mol. The van der Waals surface area contributed by atoms with Crippen molar-refractivity contribution in [3.8, 4) is 0 Å². The molecule has 6 nitrogen and oxygen atoms in total. The fourth-order valence-corrected chi connectivity index (χ4v) is 3.50. The Morgan fingerprint density at radius 3 is 2.12 bits per heavy atom. The standard InChI is InChI=1S/C18H22F2N2O4/c1-11(23)21-14-8-15(13(20)7-12(14)19)22-16(24)9-18(10-17(25)26)5-3-2-4-6-18/h7-8H,2-6,9-10H2,1H3,(H,21,23)(H,22,24)(H,25,26). The number of benzene rings is 1. The van der Waals surface area contributed by atoms with Gasteiger partial charge in [-0.3, -0.25) is 14.4 Å². The molecular formula is C18H22F2N2O4. The predicted octanol–water partition coefficient (Wildman–Crippen LogP) is 3.68. The van der Waals surface area contributed by atoms with Crippen LogP contribution < -0.4 is 10.6 Å². The molecule has 1 aliphatic carbocycles. The zero-order valence-corrected chi connectivity index (χ0v) is 14.5. The van der Waals surface area contributed by atoms with Crippen LogP contribution in [0, 0.1) is 17.0 Å². The minimum atomic E-state index is -0.972. The zero-order valence-electron chi connectivity index (χ0n) is 14.5. The Hall–Kier alpha value is -2.51. The van der Waals surface area contributed by atoms with Gasteiger partial charge >= 0.3 is 5.97 Å². The van der Waals surface area contributed by atoms with Crippen LogP contribution in [-0.2, 0) is 14.4 Å². The van der Waals surface area contributed by atoms with Crippen LogP contribution in [0.3, 0.4) is 0 Å². The van der Waals surface area contributed by atoms with Crippen LogP contribution in [0.15, 0.2) is 12.1 Å². The van der Waals surface area contributed by atoms with E-state index in [4.69, 9.17) is 5.11 Å². The van der Waals surface area contributed by atoms with Gasteiger partial charge in [-0.25, -0.2) is 8.78 Å². The molecule has 2 amide bonds. The van der Waals surface area contributed by atoms with Crippen molar-refractivity contribution < 1.29 is 28.3 Å². The molecular weight excluding hydrogens is 346 g/mol. The van der Waals surface area contributed by atoms with E-state index < -0.39 is 34.8 Å². The number of carbonyl (C=O) groups is 3. The Kier molecular flexibility index (Phi) is 6.28. The number of halogens is 2. The lowest BCUT2D eigenvalue weighted by Crippen LogP contribution is -2.32. The lowest BCUT2D eigenvalue weighted by Gasteiger charge is -2.35. The molecule has 1 saturated carbocycles. The lowest BCUT2D eigenvalue weighted by atomic mass is 9.69. The van der Waals surface area contributed by atoms with Gasteiger partial charge in [0, 0.05) is 19.4 Å². The number of rotatable bonds is 6. The van der Waals surface area contributed by atoms with Crippen molar-refractivity contribution in [3.05, 3.63) is 23.8 Å². The number of nitrogens with one attached hydrogen (secondary N) is 2. The second kappa shape index (κ2) is 8.25. The SMILES string of the molecule is CC(=O)Nc1cc(NC(=O)CC2(CC(=O)O)CCCCC2)c(F)cc1F. The quantitative estimate of drug-likeness (QED) is 0.714. The highest BCUT2D eigenvalue weighted by molar-refractivity contribution is 5.94. The number of carboxylic acid groups (broad SMARTS) is 1. The monoisotopic (exact) mass is 368 g/mol. The summed E-state index contributed by atoms with van der Waals surface area (Å²) in [7, 11) is 0. The van der Waals surface area contributed by atoms with Crippen molar-refractivity contribution in [2.75, 3.05) is 10.6 Å². The maximum absolute atomic E-state index is 14.0. The van der Waals surface area contributed by atoms with Gasteiger partial charge in [0.05, 0.1) is 17.8 Å². The molecule has 8 heteroatoms. The molecule has 1 aromatic carbocycles. The summed E-state index contributed by atoms with van der Waals surface area (Å²) in [5.74, 6) is -3.96. The van der Waals surface area contributed by atoms with Crippen LogP contribution in [0.25, 0.3) is 0 Å². The Morgan fingerprint density at radius 2 is 1.58 bits per heavy atom. The molecule has 1 aliphatic rings. The van der Waals surface area contributed by atoms with Crippen molar-refractivity contribution in [3.63, 3.8) is 0 Å². The van der Waals surface area contributed by atoms with Crippen LogP contribution in [-0.4, -0.2) is 22.9 Å². The first-order valence-electron chi connectivity index (χ1n) is 8.49. The molecule has 0 bridgehead atoms. The van der Waals surface area contributed by atoms with E-state index >= 15 is 0 Å². The summed E-state index contributed by atoms with van der Waals surface area (Å²) in [4.78, 5) is 34.6. The summed E-state index contributed by atoms with van der Waals surface area (Å²) in [6.07, 6.45) is 3.76. The Balaban J connectivity index is 2.15. The van der Waals surface area contributed by atoms with Gasteiger partial charge in [-0.05, 0) is 24.3 Å². The van der Waals surface area contributed by atoms with Gasteiger partial charge in [-0.1, -0.05) is 19.3 Å². The van der Waals surface area contributed by atoms with E-state index in [1.165, 1.54) is 6.92 Å². The molecule has 0 radical (unpaired) electrons. The third kappa shape index (κ3) is 5.24. The topological polar surface area (TPSA) is 95.5 Å². The highest BCUT2D eigenvalue weighted by Gasteiger charge is 2.36. The number of amides is 2. The fraction of sp³-hybridized carbons (Fsp3) is 0.500. The normalized spacial score (nSPS) is 16.0. The molecule has 3 N–H and O–H groups in total. The highest BCUT2D eigenvalue weighted by atomic mass is 19.1. The number of carbonyl (C=O) groups excluding carboxylic acids is 2. The maximum atomic E-state index is 14.0. The second-order valence-electron chi connectivity index (χ2n) is 6.85. The molecule has 1 aromatic rings. The lowest BCUT2D eigenvalue weighted by molar-refractivity contribution is -0.141. The first-order valence-corrected chi connectivity index (χ1v) is 8.49. The van der Waals surface area contributed by atoms with Gasteiger partial charge in [-0.15, -0.1) is 0 Å². The first kappa shape index (κ1) is 19.8. The molecule has 0 atom stereocenters. The Labute approximate surface area is 150 Å². The van der Waals surface area contributed by atoms with Gasteiger partial charge < -0.3 is 15.7 Å². The van der Waals surface area contributed by atoms with Crippen molar-refractivity contribution in [1.82, 2.24) is 0 Å². The first-order chi connectivity index (χ1) is 12.2. The summed E-state index contributed by atoms with van der Waals surface area (Å²) in [5.41, 5.74) is -1.15. The van der Waals surface area contributed by atoms with Crippen molar-refractivity contribution in [1.29, 1.82) is 0 Å². The van der Waals surface area contributed by atoms with Crippen LogP contribution >= 0.6 is 0 Å². The number of hydrogen-bond donors (Lipinski definition) is 3. The van der Waals surface area contributed by atoms with Crippen molar-refractivity contribution >= 4 is 29.2 Å². The molecule has 142 valence electrons. The van der Waals surface area contributed by atoms with E-state index in [0.717, 1.165) is 25.3 Å². The third-order valence-corrected chi connectivity index (χ3v) is 4.62. The van der Waals surface area contributed by atoms with Gasteiger partial charge in [0.1, 0.15) is 11.6 Å². The molecule has 1 fully saturated rings. The molecule has 0 unspecified atom stereocenters. The minimum absolute atomic E-state index is 0.0500. The molecule has 0 saturated heterocycles. The molecule has 0 heterocycles. The summed E-state index contributed by atoms with van der Waals surface area (Å²) in [6, 6.07) is 1.59. The average Bonchev–Trinajstić information content (AvgIpc) is 2.51. The molecule has 2 rings (SSSR count). The van der Waals surface area contributed by atoms with Crippen molar-refractivity contribution in [2.45, 2.75) is 51.9 Å². The summed E-state index contributed by atoms with van der Waals surface area (Å²) < 4.78 is 27.6. The molecule has 0 spiro atoms. The van der Waals surface area contributed by atoms with Crippen LogP contribution in [0.4, 0.5) is 20.2 Å². The fourth-order valence-electron chi connectivity index (χ4n) is 3.50. The zero-order chi connectivity index (χ0) is 19.3. The highest BCUT2D eigenvalue weighted by Crippen LogP contribution is 2.42. The van der Waals surface area contributed by atoms with Crippen LogP contribution in [0.5, 0.6) is 0 Å². The van der Waals surface area contributed by atoms with Crippen molar-refractivity contribution in [2.24, 2.45) is 5.41 Å². The van der Waals surface area contributed by atoms with E-state index in [9.17, 15) is 23.2 Å². The molecule has 0 aliphatic heterocycles. The number of carboxylic acids is 1. The smallest absolute Gasteiger partial charge is 0.303 e. The summed E-state index contributed by atoms with van der Waals surface area (Å²) in [5, 5.41) is 13.7. The van der Waals surface area contributed by atoms with Gasteiger partial charge in [-0.2, -0.15) is 0 Å².